The Hall–Kier alpha value is -3.89. The molecular formula is C25H27FN6O3. The maximum absolute atomic E-state index is 13.4. The Kier molecular flexibility index (Phi) is 7.64. The topological polar surface area (TPSA) is 138 Å². The molecule has 9 nitrogen and oxygen atoms in total. The first-order valence-corrected chi connectivity index (χ1v) is 11.3. The third-order valence-electron chi connectivity index (χ3n) is 5.84. The van der Waals surface area contributed by atoms with Crippen molar-refractivity contribution in [3.05, 3.63) is 72.2 Å². The summed E-state index contributed by atoms with van der Waals surface area (Å²) < 4.78 is 13.4. The van der Waals surface area contributed by atoms with Crippen molar-refractivity contribution in [3.63, 3.8) is 0 Å². The summed E-state index contributed by atoms with van der Waals surface area (Å²) in [6, 6.07) is 13.4. The number of hydrogen-bond donors (Lipinski definition) is 5. The number of carbonyl (C=O) groups excluding carboxylic acids is 3. The minimum atomic E-state index is -0.918. The first kappa shape index (κ1) is 24.2. The van der Waals surface area contributed by atoms with Gasteiger partial charge in [-0.25, -0.2) is 4.39 Å². The van der Waals surface area contributed by atoms with E-state index in [1.54, 1.807) is 24.4 Å². The van der Waals surface area contributed by atoms with Crippen LogP contribution in [0, 0.1) is 5.82 Å². The first-order chi connectivity index (χ1) is 16.9. The molecule has 3 amide bonds. The highest BCUT2D eigenvalue weighted by atomic mass is 19.1. The van der Waals surface area contributed by atoms with Gasteiger partial charge in [-0.05, 0) is 36.2 Å². The Morgan fingerprint density at radius 3 is 2.69 bits per heavy atom. The Balaban J connectivity index is 1.47. The number of benzene rings is 2. The van der Waals surface area contributed by atoms with Gasteiger partial charge in [0.05, 0.1) is 30.0 Å². The first-order valence-electron chi connectivity index (χ1n) is 11.3. The minimum Gasteiger partial charge on any atom is -0.351 e. The van der Waals surface area contributed by atoms with E-state index in [0.717, 1.165) is 10.9 Å². The fourth-order valence-electron chi connectivity index (χ4n) is 4.04. The predicted octanol–water partition coefficient (Wildman–Crippen LogP) is 0.845. The van der Waals surface area contributed by atoms with E-state index in [0.29, 0.717) is 24.2 Å². The normalized spacial score (nSPS) is 18.1. The molecule has 6 N–H and O–H groups in total. The van der Waals surface area contributed by atoms with Crippen LogP contribution in [0.15, 0.2) is 60.8 Å². The van der Waals surface area contributed by atoms with Crippen LogP contribution in [0.2, 0.25) is 0 Å². The monoisotopic (exact) mass is 478 g/mol. The molecule has 4 rings (SSSR count). The summed E-state index contributed by atoms with van der Waals surface area (Å²) in [5, 5.41) is 12.3. The number of pyridine rings is 1. The summed E-state index contributed by atoms with van der Waals surface area (Å²) in [4.78, 5) is 42.1. The number of nitrogens with zero attached hydrogens (tertiary/aromatic N) is 1. The van der Waals surface area contributed by atoms with Crippen molar-refractivity contribution in [3.8, 4) is 0 Å². The van der Waals surface area contributed by atoms with Crippen LogP contribution in [0.3, 0.4) is 0 Å². The molecule has 0 bridgehead atoms. The van der Waals surface area contributed by atoms with Gasteiger partial charge in [0.25, 0.3) is 0 Å². The summed E-state index contributed by atoms with van der Waals surface area (Å²) in [5.74, 6) is -1.48. The fraction of sp³-hybridized carbons (Fsp3) is 0.280. The number of halogens is 1. The molecule has 2 heterocycles. The van der Waals surface area contributed by atoms with Crippen LogP contribution in [0.25, 0.3) is 10.9 Å². The van der Waals surface area contributed by atoms with Crippen molar-refractivity contribution in [2.75, 3.05) is 18.4 Å². The fourth-order valence-corrected chi connectivity index (χ4v) is 4.04. The van der Waals surface area contributed by atoms with Crippen LogP contribution in [-0.2, 0) is 20.8 Å². The smallest absolute Gasteiger partial charge is 0.247 e. The maximum Gasteiger partial charge on any atom is 0.247 e. The second-order valence-electron chi connectivity index (χ2n) is 8.46. The van der Waals surface area contributed by atoms with Gasteiger partial charge in [0.2, 0.25) is 17.7 Å². The molecule has 0 saturated carbocycles. The summed E-state index contributed by atoms with van der Waals surface area (Å²) in [6.07, 6.45) is 2.09. The van der Waals surface area contributed by atoms with Gasteiger partial charge < -0.3 is 27.0 Å². The summed E-state index contributed by atoms with van der Waals surface area (Å²) in [5.41, 5.74) is 7.32. The van der Waals surface area contributed by atoms with Crippen LogP contribution >= 0.6 is 0 Å². The van der Waals surface area contributed by atoms with Gasteiger partial charge in [-0.2, -0.15) is 0 Å². The summed E-state index contributed by atoms with van der Waals surface area (Å²) in [6.45, 7) is 0.290. The molecule has 1 aromatic heterocycles. The number of rotatable bonds is 8. The number of anilines is 1. The molecule has 182 valence electrons. The molecule has 0 spiro atoms. The average Bonchev–Trinajstić information content (AvgIpc) is 3.33. The van der Waals surface area contributed by atoms with Gasteiger partial charge in [-0.3, -0.25) is 19.4 Å². The summed E-state index contributed by atoms with van der Waals surface area (Å²) >= 11 is 0. The number of nitrogens with one attached hydrogen (secondary N) is 4. The van der Waals surface area contributed by atoms with Crippen molar-refractivity contribution in [2.45, 2.75) is 31.0 Å². The molecule has 2 aromatic carbocycles. The third-order valence-corrected chi connectivity index (χ3v) is 5.84. The lowest BCUT2D eigenvalue weighted by Crippen LogP contribution is -2.50. The molecule has 35 heavy (non-hydrogen) atoms. The van der Waals surface area contributed by atoms with Crippen LogP contribution < -0.4 is 27.0 Å². The number of carbonyl (C=O) groups is 3. The van der Waals surface area contributed by atoms with E-state index in [-0.39, 0.29) is 36.6 Å². The van der Waals surface area contributed by atoms with Gasteiger partial charge in [-0.15, -0.1) is 0 Å². The van der Waals surface area contributed by atoms with Crippen LogP contribution in [0.5, 0.6) is 0 Å². The lowest BCUT2D eigenvalue weighted by Gasteiger charge is -2.21. The largest absolute Gasteiger partial charge is 0.351 e. The minimum absolute atomic E-state index is 0.128. The van der Waals surface area contributed by atoms with E-state index < -0.39 is 18.0 Å². The number of fused-ring (bicyclic) bond motifs is 1. The number of amides is 3. The molecule has 1 aliphatic heterocycles. The van der Waals surface area contributed by atoms with Gasteiger partial charge in [0, 0.05) is 24.4 Å². The van der Waals surface area contributed by atoms with E-state index in [4.69, 9.17) is 5.73 Å². The van der Waals surface area contributed by atoms with E-state index in [1.165, 1.54) is 12.1 Å². The van der Waals surface area contributed by atoms with Gasteiger partial charge >= 0.3 is 0 Å². The highest BCUT2D eigenvalue weighted by Crippen LogP contribution is 2.17. The quantitative estimate of drug-likeness (QED) is 0.325. The van der Waals surface area contributed by atoms with E-state index >= 15 is 0 Å². The van der Waals surface area contributed by atoms with Crippen LogP contribution in [0.1, 0.15) is 12.0 Å². The number of para-hydroxylation sites is 1. The SMILES string of the molecule is NCC(=O)N[C@H]1CN[C@@H](C(=O)N[C@H](Cc2ccc(F)cc2)C(=O)Nc2cnc3ccccc3c2)C1. The molecule has 1 aliphatic rings. The van der Waals surface area contributed by atoms with Crippen molar-refractivity contribution in [1.82, 2.24) is 20.9 Å². The highest BCUT2D eigenvalue weighted by Gasteiger charge is 2.32. The number of hydrogen-bond acceptors (Lipinski definition) is 6. The molecule has 10 heteroatoms. The van der Waals surface area contributed by atoms with Crippen molar-refractivity contribution >= 4 is 34.3 Å². The van der Waals surface area contributed by atoms with Gasteiger partial charge in [-0.1, -0.05) is 30.3 Å². The number of aromatic nitrogens is 1. The molecule has 3 aromatic rings. The average molecular weight is 479 g/mol. The van der Waals surface area contributed by atoms with E-state index in [1.807, 2.05) is 24.3 Å². The van der Waals surface area contributed by atoms with E-state index in [2.05, 4.69) is 26.3 Å². The molecule has 1 saturated heterocycles. The molecular weight excluding hydrogens is 451 g/mol. The molecule has 0 aliphatic carbocycles. The second-order valence-corrected chi connectivity index (χ2v) is 8.46. The van der Waals surface area contributed by atoms with Crippen molar-refractivity contribution < 1.29 is 18.8 Å². The Labute approximate surface area is 201 Å². The standard InChI is InChI=1S/C25H27FN6O3/c26-17-7-5-15(6-8-17)9-22(32-24(34)21-11-19(14-29-21)30-23(33)12-27)25(35)31-18-10-16-3-1-2-4-20(16)28-13-18/h1-8,10,13,19,21-22,29H,9,11-12,14,27H2,(H,30,33)(H,31,35)(H,32,34)/t19-,21-,22-/m1/s1. The van der Waals surface area contributed by atoms with Crippen LogP contribution in [0.4, 0.5) is 10.1 Å². The Morgan fingerprint density at radius 2 is 1.91 bits per heavy atom. The van der Waals surface area contributed by atoms with Gasteiger partial charge in [0.1, 0.15) is 11.9 Å². The zero-order valence-corrected chi connectivity index (χ0v) is 19.0. The van der Waals surface area contributed by atoms with Crippen LogP contribution in [-0.4, -0.2) is 53.9 Å². The molecule has 1 fully saturated rings. The predicted molar refractivity (Wildman–Crippen MR) is 130 cm³/mol. The number of nitrogens with two attached hydrogens (primary N) is 1. The lowest BCUT2D eigenvalue weighted by atomic mass is 10.0. The second kappa shape index (κ2) is 11.0. The lowest BCUT2D eigenvalue weighted by molar-refractivity contribution is -0.127. The molecule has 0 radical (unpaired) electrons. The van der Waals surface area contributed by atoms with Crippen molar-refractivity contribution in [2.24, 2.45) is 5.73 Å². The molecule has 0 unspecified atom stereocenters. The van der Waals surface area contributed by atoms with Gasteiger partial charge in [0.15, 0.2) is 0 Å². The highest BCUT2D eigenvalue weighted by molar-refractivity contribution is 5.99. The Morgan fingerprint density at radius 1 is 1.14 bits per heavy atom. The Bertz CT molecular complexity index is 1220. The van der Waals surface area contributed by atoms with E-state index in [9.17, 15) is 18.8 Å². The zero-order chi connectivity index (χ0) is 24.8. The van der Waals surface area contributed by atoms with Crippen molar-refractivity contribution in [1.29, 1.82) is 0 Å². The maximum atomic E-state index is 13.4. The molecule has 3 atom stereocenters. The summed E-state index contributed by atoms with van der Waals surface area (Å²) in [7, 11) is 0. The zero-order valence-electron chi connectivity index (χ0n) is 19.0. The third kappa shape index (κ3) is 6.37.